The summed E-state index contributed by atoms with van der Waals surface area (Å²) in [7, 11) is 4.11. The average Bonchev–Trinajstić information content (AvgIpc) is 1.63. The molecule has 12 heterocycles. The quantitative estimate of drug-likeness (QED) is 0.0300. The average molecular weight is 1560 g/mol. The van der Waals surface area contributed by atoms with Crippen molar-refractivity contribution in [3.05, 3.63) is 119 Å². The van der Waals surface area contributed by atoms with Crippen molar-refractivity contribution in [2.24, 2.45) is 25.0 Å². The third-order valence-electron chi connectivity index (χ3n) is 18.7. The number of fused-ring (bicyclic) bond motifs is 5. The Hall–Kier alpha value is -6.45. The van der Waals surface area contributed by atoms with Crippen molar-refractivity contribution in [2.75, 3.05) is 27.4 Å². The van der Waals surface area contributed by atoms with Gasteiger partial charge in [0.05, 0.1) is 34.6 Å². The molecular weight excluding hydrogens is 1470 g/mol. The van der Waals surface area contributed by atoms with Gasteiger partial charge < -0.3 is 41.2 Å². The molecule has 4 aliphatic rings. The maximum atomic E-state index is 8.64. The van der Waals surface area contributed by atoms with Crippen molar-refractivity contribution >= 4 is 85.7 Å². The van der Waals surface area contributed by atoms with Crippen LogP contribution >= 0.6 is 22.6 Å². The standard InChI is InChI=1S/2C23H29N9.C23H28N8.CH3I.CH2O3.2K.H/c1-6-32-22(15-10-24-14(4)25-11-15)29-19-21(26-12-27-23(19)32)28-16-7-8-18-17(9-16)20(13(2)3)31(5)30-18;1-6-32-22(15-10-24-14(4)25-11-15)29-20-21(26-12-27-23(20)32)28-16-7-8-18-17(9-16)19(13(2)3)30-31(18)5;1-5-31-22(16-10-24-14(4)25-11-16)30-20-21(27-12-28-23(20)31)29-17-7-6-15-9-26-19(13(2)3)18(15)8-17;1-2;2-1-4-3;;;/h2*10-13,16H,6-9H2,1-5H3,(H,26,27,28);10-13,17H,5-9H2,1-4H3,(H,27,28,29);1H3;1,3H;;;/q;;;;;2*+1;-1/p-1. The Kier molecular flexibility index (Phi) is 28.7. The van der Waals surface area contributed by atoms with E-state index in [9.17, 15) is 0 Å². The Bertz CT molecular complexity index is 4640. The summed E-state index contributed by atoms with van der Waals surface area (Å²) in [6.45, 7) is 28.2. The molecule has 0 radical (unpaired) electrons. The number of rotatable bonds is 16. The molecule has 32 heteroatoms. The third kappa shape index (κ3) is 17.8. The van der Waals surface area contributed by atoms with Crippen LogP contribution in [0.25, 0.3) is 67.7 Å². The summed E-state index contributed by atoms with van der Waals surface area (Å²) in [4.78, 5) is 86.1. The van der Waals surface area contributed by atoms with Crippen molar-refractivity contribution in [1.82, 2.24) is 108 Å². The van der Waals surface area contributed by atoms with Crippen molar-refractivity contribution < 1.29 is 119 Å². The van der Waals surface area contributed by atoms with Crippen LogP contribution in [0, 0.1) is 26.7 Å². The molecule has 0 spiro atoms. The van der Waals surface area contributed by atoms with E-state index >= 15 is 0 Å². The Labute approximate surface area is 700 Å². The molecule has 15 rings (SSSR count). The normalized spacial score (nSPS) is 15.8. The van der Waals surface area contributed by atoms with Gasteiger partial charge in [0.2, 0.25) is 0 Å². The minimum absolute atomic E-state index is 0. The maximum absolute atomic E-state index is 8.64. The summed E-state index contributed by atoms with van der Waals surface area (Å²) in [5.74, 6) is 8.34. The van der Waals surface area contributed by atoms with Gasteiger partial charge in [-0.15, -0.1) is 0 Å². The smallest absolute Gasteiger partial charge is 1.00 e. The van der Waals surface area contributed by atoms with Gasteiger partial charge >= 0.3 is 103 Å². The number of anilines is 3. The first-order valence-electron chi connectivity index (χ1n) is 34.6. The number of alkyl halides is 1. The summed E-state index contributed by atoms with van der Waals surface area (Å²) >= 11 is 2.15. The zero-order valence-electron chi connectivity index (χ0n) is 63.3. The van der Waals surface area contributed by atoms with Gasteiger partial charge in [0.1, 0.15) is 53.9 Å². The molecule has 11 aromatic heterocycles. The first-order valence-corrected chi connectivity index (χ1v) is 36.8. The molecule has 3 aliphatic carbocycles. The van der Waals surface area contributed by atoms with Gasteiger partial charge in [0, 0.05) is 106 Å². The number of aromatic nitrogens is 22. The van der Waals surface area contributed by atoms with Crippen molar-refractivity contribution in [3.63, 3.8) is 0 Å². The molecule has 1 aliphatic heterocycles. The van der Waals surface area contributed by atoms with Gasteiger partial charge in [-0.25, -0.2) is 74.8 Å². The van der Waals surface area contributed by atoms with Crippen LogP contribution in [0.1, 0.15) is 159 Å². The Balaban J connectivity index is 0.000000187. The molecule has 3 unspecified atom stereocenters. The largest absolute Gasteiger partial charge is 1.00 e. The molecule has 0 saturated carbocycles. The van der Waals surface area contributed by atoms with Gasteiger partial charge in [0.15, 0.2) is 50.9 Å². The monoisotopic (exact) mass is 1560 g/mol. The van der Waals surface area contributed by atoms with Crippen LogP contribution in [-0.4, -0.2) is 150 Å². The number of hydrogen-bond acceptors (Lipinski definition) is 24. The summed E-state index contributed by atoms with van der Waals surface area (Å²) in [5, 5.41) is 29.0. The van der Waals surface area contributed by atoms with Gasteiger partial charge in [-0.3, -0.25) is 19.2 Å². The molecule has 0 bridgehead atoms. The predicted octanol–water partition coefficient (Wildman–Crippen LogP) is 4.47. The van der Waals surface area contributed by atoms with Crippen LogP contribution in [0.5, 0.6) is 0 Å². The maximum Gasteiger partial charge on any atom is 1.00 e. The van der Waals surface area contributed by atoms with Crippen molar-refractivity contribution in [3.8, 4) is 34.2 Å². The number of carbonyl (C=O) groups excluding carboxylic acids is 1. The number of hydrogen-bond donors (Lipinski definition) is 3. The minimum atomic E-state index is -0.181. The molecule has 29 nitrogen and oxygen atoms in total. The van der Waals surface area contributed by atoms with E-state index < -0.39 is 0 Å². The van der Waals surface area contributed by atoms with E-state index in [0.29, 0.717) is 23.8 Å². The fourth-order valence-electron chi connectivity index (χ4n) is 14.1. The number of nitrogens with one attached hydrogen (secondary N) is 3. The molecular formula is C71H91IK2N26O3. The first kappa shape index (κ1) is 80.6. The van der Waals surface area contributed by atoms with Gasteiger partial charge in [-0.2, -0.15) is 10.2 Å². The number of imidazole rings is 3. The minimum Gasteiger partial charge on any atom is -1.00 e. The van der Waals surface area contributed by atoms with Crippen LogP contribution in [0.3, 0.4) is 0 Å². The molecule has 0 amide bonds. The van der Waals surface area contributed by atoms with E-state index in [0.717, 1.165) is 187 Å². The van der Waals surface area contributed by atoms with Crippen molar-refractivity contribution in [2.45, 2.75) is 190 Å². The molecule has 0 fully saturated rings. The number of aryl methyl sites for hydroxylation is 9. The third-order valence-corrected chi connectivity index (χ3v) is 18.7. The number of carbonyl (C=O) groups is 1. The SMILES string of the molecule is CCn1c(-c2cnc(C)nc2)nc2c(NC3CCC4=C(C3)C(C(C)C)=NC4)ncnc21.CCn1c(-c2cnc(C)nc2)nc2c(NC3CCc4c(c(C(C)C)nn4C)C3)ncnc21.CCn1c(-c2cnc(C)nc2)nc2c(NC3CCc4nn(C)c(C(C)C)c4C3)ncnc21.CI.O=CO[O-].[H-].[K+].[K+]. The Morgan fingerprint density at radius 3 is 1.33 bits per heavy atom. The molecule has 3 N–H and O–H groups in total. The number of halogens is 1. The topological polar surface area (TPSA) is 342 Å². The van der Waals surface area contributed by atoms with Crippen LogP contribution in [0.4, 0.5) is 17.5 Å². The van der Waals surface area contributed by atoms with E-state index in [2.05, 4.69) is 203 Å². The van der Waals surface area contributed by atoms with E-state index in [-0.39, 0.29) is 123 Å². The van der Waals surface area contributed by atoms with E-state index in [1.54, 1.807) is 19.0 Å². The number of nitrogens with zero attached hydrogens (tertiary/aromatic N) is 23. The zero-order chi connectivity index (χ0) is 71.8. The zero-order valence-corrected chi connectivity index (χ0v) is 70.7. The molecule has 532 valence electrons. The van der Waals surface area contributed by atoms with Crippen LogP contribution in [-0.2, 0) is 69.1 Å². The predicted molar refractivity (Wildman–Crippen MR) is 397 cm³/mol. The van der Waals surface area contributed by atoms with Gasteiger partial charge in [-0.1, -0.05) is 64.1 Å². The van der Waals surface area contributed by atoms with Crippen LogP contribution < -0.4 is 124 Å². The summed E-state index contributed by atoms with van der Waals surface area (Å²) < 4.78 is 10.4. The molecule has 0 saturated heterocycles. The fraction of sp³-hybridized carbons (Fsp3) is 0.479. The number of aliphatic imine (C=N–C) groups is 1. The fourth-order valence-corrected chi connectivity index (χ4v) is 14.1. The summed E-state index contributed by atoms with van der Waals surface area (Å²) in [6, 6.07) is 0.873. The van der Waals surface area contributed by atoms with Gasteiger partial charge in [-0.05, 0) is 144 Å². The van der Waals surface area contributed by atoms with Gasteiger partial charge in [0.25, 0.3) is 6.47 Å². The second kappa shape index (κ2) is 36.7. The van der Waals surface area contributed by atoms with E-state index in [1.165, 1.54) is 50.8 Å². The molecule has 3 atom stereocenters. The van der Waals surface area contributed by atoms with Crippen LogP contribution in [0.2, 0.25) is 0 Å². The second-order valence-electron chi connectivity index (χ2n) is 26.3. The van der Waals surface area contributed by atoms with Crippen molar-refractivity contribution in [1.29, 1.82) is 0 Å². The summed E-state index contributed by atoms with van der Waals surface area (Å²) in [5.41, 5.74) is 19.6. The molecule has 0 aromatic carbocycles. The molecule has 103 heavy (non-hydrogen) atoms. The van der Waals surface area contributed by atoms with Crippen LogP contribution in [0.15, 0.2) is 72.3 Å². The molecule has 11 aromatic rings. The Morgan fingerprint density at radius 2 is 0.942 bits per heavy atom. The first-order chi connectivity index (χ1) is 48.9. The Morgan fingerprint density at radius 1 is 0.544 bits per heavy atom. The van der Waals surface area contributed by atoms with E-state index in [4.69, 9.17) is 40.2 Å². The van der Waals surface area contributed by atoms with E-state index in [1.807, 2.05) is 62.9 Å². The summed E-state index contributed by atoms with van der Waals surface area (Å²) in [6.07, 6.45) is 24.8. The second-order valence-corrected chi connectivity index (χ2v) is 26.3.